The van der Waals surface area contributed by atoms with Gasteiger partial charge in [-0.1, -0.05) is 6.07 Å². The zero-order chi connectivity index (χ0) is 19.8. The van der Waals surface area contributed by atoms with E-state index in [1.807, 2.05) is 0 Å². The Hall–Kier alpha value is -3.29. The molecule has 0 saturated heterocycles. The topological polar surface area (TPSA) is 101 Å². The minimum absolute atomic E-state index is 0.119. The van der Waals surface area contributed by atoms with Gasteiger partial charge >= 0.3 is 0 Å². The summed E-state index contributed by atoms with van der Waals surface area (Å²) in [6.07, 6.45) is 1.38. The summed E-state index contributed by atoms with van der Waals surface area (Å²) in [5.41, 5.74) is 0.571. The van der Waals surface area contributed by atoms with E-state index in [-0.39, 0.29) is 24.1 Å². The van der Waals surface area contributed by atoms with Crippen molar-refractivity contribution in [3.63, 3.8) is 0 Å². The molecule has 3 amide bonds. The first-order chi connectivity index (χ1) is 12.9. The van der Waals surface area contributed by atoms with Gasteiger partial charge in [0.2, 0.25) is 11.8 Å². The Morgan fingerprint density at radius 2 is 2.00 bits per heavy atom. The third-order valence-corrected chi connectivity index (χ3v) is 3.84. The van der Waals surface area contributed by atoms with E-state index in [0.29, 0.717) is 18.0 Å². The van der Waals surface area contributed by atoms with Gasteiger partial charge in [-0.15, -0.1) is 0 Å². The highest BCUT2D eigenvalue weighted by Crippen LogP contribution is 2.16. The van der Waals surface area contributed by atoms with Crippen LogP contribution in [0.2, 0.25) is 0 Å². The van der Waals surface area contributed by atoms with E-state index in [4.69, 9.17) is 9.15 Å². The molecule has 2 N–H and O–H groups in total. The highest BCUT2D eigenvalue weighted by atomic mass is 16.5. The average molecular weight is 373 g/mol. The van der Waals surface area contributed by atoms with E-state index < -0.39 is 11.9 Å². The SMILES string of the molecule is CCN(CC(=O)Nc1cccc(OC)c1)C(=O)C(C)NC(=O)c1ccco1. The van der Waals surface area contributed by atoms with Gasteiger partial charge in [-0.3, -0.25) is 14.4 Å². The van der Waals surface area contributed by atoms with E-state index in [2.05, 4.69) is 10.6 Å². The van der Waals surface area contributed by atoms with Crippen molar-refractivity contribution >= 4 is 23.4 Å². The number of methoxy groups -OCH3 is 1. The van der Waals surface area contributed by atoms with Gasteiger partial charge in [0, 0.05) is 18.3 Å². The predicted octanol–water partition coefficient (Wildman–Crippen LogP) is 1.89. The van der Waals surface area contributed by atoms with Crippen LogP contribution in [0.15, 0.2) is 47.1 Å². The lowest BCUT2D eigenvalue weighted by molar-refractivity contribution is -0.135. The van der Waals surface area contributed by atoms with E-state index in [1.165, 1.54) is 24.3 Å². The molecule has 8 nitrogen and oxygen atoms in total. The van der Waals surface area contributed by atoms with Crippen LogP contribution in [0.1, 0.15) is 24.4 Å². The number of benzene rings is 1. The van der Waals surface area contributed by atoms with Crippen molar-refractivity contribution in [1.82, 2.24) is 10.2 Å². The second-order valence-electron chi connectivity index (χ2n) is 5.80. The maximum atomic E-state index is 12.5. The number of furan rings is 1. The van der Waals surface area contributed by atoms with Gasteiger partial charge in [-0.2, -0.15) is 0 Å². The van der Waals surface area contributed by atoms with Gasteiger partial charge in [0.25, 0.3) is 5.91 Å². The largest absolute Gasteiger partial charge is 0.497 e. The fourth-order valence-electron chi connectivity index (χ4n) is 2.43. The van der Waals surface area contributed by atoms with Crippen molar-refractivity contribution < 1.29 is 23.5 Å². The number of anilines is 1. The minimum atomic E-state index is -0.799. The maximum Gasteiger partial charge on any atom is 0.287 e. The number of carbonyl (C=O) groups excluding carboxylic acids is 3. The number of rotatable bonds is 8. The summed E-state index contributed by atoms with van der Waals surface area (Å²) in [5, 5.41) is 5.29. The molecule has 27 heavy (non-hydrogen) atoms. The molecule has 0 spiro atoms. The second-order valence-corrected chi connectivity index (χ2v) is 5.80. The summed E-state index contributed by atoms with van der Waals surface area (Å²) in [5.74, 6) is -0.460. The smallest absolute Gasteiger partial charge is 0.287 e. The van der Waals surface area contributed by atoms with Crippen LogP contribution < -0.4 is 15.4 Å². The molecule has 8 heteroatoms. The van der Waals surface area contributed by atoms with E-state index >= 15 is 0 Å². The first kappa shape index (κ1) is 20.0. The van der Waals surface area contributed by atoms with Gasteiger partial charge in [-0.05, 0) is 38.1 Å². The lowest BCUT2D eigenvalue weighted by Crippen LogP contribution is -2.49. The van der Waals surface area contributed by atoms with Gasteiger partial charge in [0.05, 0.1) is 19.9 Å². The van der Waals surface area contributed by atoms with Crippen LogP contribution in [-0.2, 0) is 9.59 Å². The Kier molecular flexibility index (Phi) is 6.99. The normalized spacial score (nSPS) is 11.4. The highest BCUT2D eigenvalue weighted by Gasteiger charge is 2.24. The summed E-state index contributed by atoms with van der Waals surface area (Å²) in [6, 6.07) is 9.22. The van der Waals surface area contributed by atoms with Crippen LogP contribution in [0.5, 0.6) is 5.75 Å². The molecule has 1 atom stereocenters. The quantitative estimate of drug-likeness (QED) is 0.736. The molecule has 0 aliphatic carbocycles. The summed E-state index contributed by atoms with van der Waals surface area (Å²) in [4.78, 5) is 38.2. The first-order valence-corrected chi connectivity index (χ1v) is 8.51. The van der Waals surface area contributed by atoms with Crippen molar-refractivity contribution in [2.24, 2.45) is 0 Å². The fraction of sp³-hybridized carbons (Fsp3) is 0.316. The second kappa shape index (κ2) is 9.42. The minimum Gasteiger partial charge on any atom is -0.497 e. The van der Waals surface area contributed by atoms with Crippen LogP contribution in [0.4, 0.5) is 5.69 Å². The Balaban J connectivity index is 1.93. The van der Waals surface area contributed by atoms with Crippen LogP contribution in [0.25, 0.3) is 0 Å². The van der Waals surface area contributed by atoms with Gasteiger partial charge in [0.15, 0.2) is 5.76 Å². The molecule has 1 aromatic heterocycles. The van der Waals surface area contributed by atoms with Gasteiger partial charge < -0.3 is 24.7 Å². The molecule has 2 aromatic rings. The van der Waals surface area contributed by atoms with Crippen LogP contribution in [-0.4, -0.2) is 48.9 Å². The molecule has 2 rings (SSSR count). The standard InChI is InChI=1S/C19H23N3O5/c1-4-22(12-17(23)21-14-7-5-8-15(11-14)26-3)19(25)13(2)20-18(24)16-9-6-10-27-16/h5-11,13H,4,12H2,1-3H3,(H,20,24)(H,21,23). The molecular weight excluding hydrogens is 350 g/mol. The molecule has 0 saturated carbocycles. The number of nitrogens with one attached hydrogen (secondary N) is 2. The highest BCUT2D eigenvalue weighted by molar-refractivity contribution is 5.98. The first-order valence-electron chi connectivity index (χ1n) is 8.51. The number of ether oxygens (including phenoxy) is 1. The molecule has 0 aliphatic rings. The average Bonchev–Trinajstić information content (AvgIpc) is 3.20. The third-order valence-electron chi connectivity index (χ3n) is 3.84. The third kappa shape index (κ3) is 5.60. The van der Waals surface area contributed by atoms with E-state index in [0.717, 1.165) is 0 Å². The summed E-state index contributed by atoms with van der Waals surface area (Å²) in [7, 11) is 1.54. The van der Waals surface area contributed by atoms with Gasteiger partial charge in [-0.25, -0.2) is 0 Å². The Morgan fingerprint density at radius 1 is 1.22 bits per heavy atom. The number of hydrogen-bond acceptors (Lipinski definition) is 5. The van der Waals surface area contributed by atoms with Crippen molar-refractivity contribution in [2.75, 3.05) is 25.5 Å². The zero-order valence-electron chi connectivity index (χ0n) is 15.5. The molecule has 0 aliphatic heterocycles. The number of amides is 3. The number of hydrogen-bond donors (Lipinski definition) is 2. The van der Waals surface area contributed by atoms with Crippen LogP contribution in [0.3, 0.4) is 0 Å². The summed E-state index contributed by atoms with van der Waals surface area (Å²) in [6.45, 7) is 3.52. The molecule has 0 radical (unpaired) electrons. The zero-order valence-corrected chi connectivity index (χ0v) is 15.5. The summed E-state index contributed by atoms with van der Waals surface area (Å²) >= 11 is 0. The predicted molar refractivity (Wildman–Crippen MR) is 99.5 cm³/mol. The van der Waals surface area contributed by atoms with Crippen LogP contribution >= 0.6 is 0 Å². The molecular formula is C19H23N3O5. The van der Waals surface area contributed by atoms with Gasteiger partial charge in [0.1, 0.15) is 11.8 Å². The molecule has 1 aromatic carbocycles. The number of nitrogens with zero attached hydrogens (tertiary/aromatic N) is 1. The number of likely N-dealkylation sites (N-methyl/N-ethyl adjacent to an activating group) is 1. The monoisotopic (exact) mass is 373 g/mol. The van der Waals surface area contributed by atoms with E-state index in [9.17, 15) is 14.4 Å². The van der Waals surface area contributed by atoms with E-state index in [1.54, 1.807) is 44.2 Å². The van der Waals surface area contributed by atoms with Crippen LogP contribution in [0, 0.1) is 0 Å². The molecule has 144 valence electrons. The Labute approximate surface area is 157 Å². The lowest BCUT2D eigenvalue weighted by atomic mass is 10.2. The number of carbonyl (C=O) groups is 3. The van der Waals surface area contributed by atoms with Crippen molar-refractivity contribution in [3.8, 4) is 5.75 Å². The Morgan fingerprint density at radius 3 is 2.63 bits per heavy atom. The Bertz CT molecular complexity index is 788. The maximum absolute atomic E-state index is 12.5. The molecule has 0 bridgehead atoms. The molecule has 1 unspecified atom stereocenters. The molecule has 1 heterocycles. The lowest BCUT2D eigenvalue weighted by Gasteiger charge is -2.24. The van der Waals surface area contributed by atoms with Crippen molar-refractivity contribution in [2.45, 2.75) is 19.9 Å². The molecule has 0 fully saturated rings. The fourth-order valence-corrected chi connectivity index (χ4v) is 2.43. The van der Waals surface area contributed by atoms with Crippen molar-refractivity contribution in [3.05, 3.63) is 48.4 Å². The van der Waals surface area contributed by atoms with Crippen molar-refractivity contribution in [1.29, 1.82) is 0 Å². The summed E-state index contributed by atoms with van der Waals surface area (Å²) < 4.78 is 10.1.